The first kappa shape index (κ1) is 16.4. The van der Waals surface area contributed by atoms with Crippen molar-refractivity contribution in [3.05, 3.63) is 32.7 Å². The summed E-state index contributed by atoms with van der Waals surface area (Å²) in [5, 5.41) is 3.62. The van der Waals surface area contributed by atoms with E-state index in [4.69, 9.17) is 0 Å². The van der Waals surface area contributed by atoms with Crippen molar-refractivity contribution in [1.82, 2.24) is 15.1 Å². The predicted molar refractivity (Wildman–Crippen MR) is 92.2 cm³/mol. The average Bonchev–Trinajstić information content (AvgIpc) is 2.41. The van der Waals surface area contributed by atoms with Crippen LogP contribution < -0.4 is 5.32 Å². The van der Waals surface area contributed by atoms with E-state index in [0.29, 0.717) is 6.04 Å². The van der Waals surface area contributed by atoms with Crippen LogP contribution in [0.4, 0.5) is 0 Å². The molecule has 1 aromatic rings. The SMILES string of the molecule is CC(NCCN1CCN(C)CC1)c1ccc(Br)cc1Br. The smallest absolute Gasteiger partial charge is 0.0303 e. The lowest BCUT2D eigenvalue weighted by atomic mass is 10.1. The van der Waals surface area contributed by atoms with Gasteiger partial charge in [-0.2, -0.15) is 0 Å². The summed E-state index contributed by atoms with van der Waals surface area (Å²) in [6.45, 7) is 9.14. The van der Waals surface area contributed by atoms with Crippen LogP contribution in [0, 0.1) is 0 Å². The van der Waals surface area contributed by atoms with Gasteiger partial charge < -0.3 is 10.2 Å². The van der Waals surface area contributed by atoms with Crippen molar-refractivity contribution < 1.29 is 0 Å². The van der Waals surface area contributed by atoms with Crippen molar-refractivity contribution >= 4 is 31.9 Å². The van der Waals surface area contributed by atoms with Gasteiger partial charge in [-0.25, -0.2) is 0 Å². The summed E-state index contributed by atoms with van der Waals surface area (Å²) in [5.41, 5.74) is 1.31. The van der Waals surface area contributed by atoms with Crippen LogP contribution in [0.15, 0.2) is 27.1 Å². The molecular weight excluding hydrogens is 382 g/mol. The van der Waals surface area contributed by atoms with Gasteiger partial charge in [0.15, 0.2) is 0 Å². The Kier molecular flexibility index (Phi) is 6.49. The molecule has 0 spiro atoms. The minimum absolute atomic E-state index is 0.366. The second-order valence-corrected chi connectivity index (χ2v) is 7.26. The fraction of sp³-hybridized carbons (Fsp3) is 0.600. The molecule has 1 aliphatic heterocycles. The van der Waals surface area contributed by atoms with Crippen molar-refractivity contribution in [3.63, 3.8) is 0 Å². The third kappa shape index (κ3) is 4.81. The number of hydrogen-bond acceptors (Lipinski definition) is 3. The van der Waals surface area contributed by atoms with E-state index in [-0.39, 0.29) is 0 Å². The molecule has 0 bridgehead atoms. The molecule has 2 rings (SSSR count). The third-order valence-corrected chi connectivity index (χ3v) is 5.08. The summed E-state index contributed by atoms with van der Waals surface area (Å²) in [7, 11) is 2.20. The molecule has 1 atom stereocenters. The molecule has 0 aromatic heterocycles. The Morgan fingerprint density at radius 2 is 1.90 bits per heavy atom. The Balaban J connectivity index is 1.76. The topological polar surface area (TPSA) is 18.5 Å². The van der Waals surface area contributed by atoms with E-state index in [1.165, 1.54) is 31.7 Å². The molecule has 0 saturated carbocycles. The number of likely N-dealkylation sites (N-methyl/N-ethyl adjacent to an activating group) is 1. The van der Waals surface area contributed by atoms with Crippen molar-refractivity contribution in [2.45, 2.75) is 13.0 Å². The maximum atomic E-state index is 3.64. The maximum Gasteiger partial charge on any atom is 0.0303 e. The first-order valence-corrected chi connectivity index (χ1v) is 8.74. The quantitative estimate of drug-likeness (QED) is 0.813. The van der Waals surface area contributed by atoms with Gasteiger partial charge in [-0.15, -0.1) is 0 Å². The summed E-state index contributed by atoms with van der Waals surface area (Å²) >= 11 is 7.13. The molecule has 0 amide bonds. The Morgan fingerprint density at radius 3 is 2.55 bits per heavy atom. The first-order valence-electron chi connectivity index (χ1n) is 7.15. The standard InChI is InChI=1S/C15H23Br2N3/c1-12(14-4-3-13(16)11-15(14)17)18-5-6-20-9-7-19(2)8-10-20/h3-4,11-12,18H,5-10H2,1-2H3. The van der Waals surface area contributed by atoms with Gasteiger partial charge in [0.05, 0.1) is 0 Å². The summed E-state index contributed by atoms with van der Waals surface area (Å²) in [4.78, 5) is 4.93. The number of piperazine rings is 1. The molecule has 1 saturated heterocycles. The number of nitrogens with zero attached hydrogens (tertiary/aromatic N) is 2. The molecule has 3 nitrogen and oxygen atoms in total. The zero-order valence-corrected chi connectivity index (χ0v) is 15.4. The van der Waals surface area contributed by atoms with Gasteiger partial charge in [-0.3, -0.25) is 4.90 Å². The van der Waals surface area contributed by atoms with Crippen molar-refractivity contribution in [3.8, 4) is 0 Å². The second kappa shape index (κ2) is 7.90. The van der Waals surface area contributed by atoms with E-state index in [0.717, 1.165) is 22.0 Å². The Morgan fingerprint density at radius 1 is 1.20 bits per heavy atom. The Bertz CT molecular complexity index is 431. The van der Waals surface area contributed by atoms with Crippen LogP contribution in [-0.2, 0) is 0 Å². The van der Waals surface area contributed by atoms with Gasteiger partial charge in [0, 0.05) is 54.3 Å². The van der Waals surface area contributed by atoms with E-state index in [9.17, 15) is 0 Å². The fourth-order valence-electron chi connectivity index (χ4n) is 2.47. The molecule has 5 heteroatoms. The lowest BCUT2D eigenvalue weighted by molar-refractivity contribution is 0.154. The van der Waals surface area contributed by atoms with E-state index in [1.54, 1.807) is 0 Å². The van der Waals surface area contributed by atoms with Crippen LogP contribution >= 0.6 is 31.9 Å². The van der Waals surface area contributed by atoms with Gasteiger partial charge in [-0.1, -0.05) is 37.9 Å². The van der Waals surface area contributed by atoms with Crippen LogP contribution in [0.25, 0.3) is 0 Å². The van der Waals surface area contributed by atoms with E-state index in [1.807, 2.05) is 0 Å². The molecule has 112 valence electrons. The summed E-state index contributed by atoms with van der Waals surface area (Å²) in [6.07, 6.45) is 0. The van der Waals surface area contributed by atoms with Crippen molar-refractivity contribution in [2.75, 3.05) is 46.3 Å². The number of hydrogen-bond donors (Lipinski definition) is 1. The number of halogens is 2. The largest absolute Gasteiger partial charge is 0.309 e. The van der Waals surface area contributed by atoms with Gasteiger partial charge in [0.25, 0.3) is 0 Å². The van der Waals surface area contributed by atoms with Gasteiger partial charge in [-0.05, 0) is 31.7 Å². The number of benzene rings is 1. The highest BCUT2D eigenvalue weighted by atomic mass is 79.9. The highest BCUT2D eigenvalue weighted by molar-refractivity contribution is 9.11. The molecule has 1 N–H and O–H groups in total. The minimum Gasteiger partial charge on any atom is -0.309 e. The molecule has 0 aliphatic carbocycles. The summed E-state index contributed by atoms with van der Waals surface area (Å²) < 4.78 is 2.27. The van der Waals surface area contributed by atoms with Gasteiger partial charge in [0.1, 0.15) is 0 Å². The van der Waals surface area contributed by atoms with E-state index in [2.05, 4.69) is 79.1 Å². The Hall–Kier alpha value is 0.0600. The number of nitrogens with one attached hydrogen (secondary N) is 1. The van der Waals surface area contributed by atoms with Crippen LogP contribution in [0.3, 0.4) is 0 Å². The lowest BCUT2D eigenvalue weighted by Crippen LogP contribution is -2.46. The normalized spacial score (nSPS) is 19.2. The monoisotopic (exact) mass is 403 g/mol. The molecule has 1 heterocycles. The first-order chi connectivity index (χ1) is 9.56. The summed E-state index contributed by atoms with van der Waals surface area (Å²) in [5.74, 6) is 0. The van der Waals surface area contributed by atoms with Gasteiger partial charge >= 0.3 is 0 Å². The second-order valence-electron chi connectivity index (χ2n) is 5.49. The zero-order valence-electron chi connectivity index (χ0n) is 12.2. The van der Waals surface area contributed by atoms with Crippen LogP contribution in [-0.4, -0.2) is 56.1 Å². The average molecular weight is 405 g/mol. The highest BCUT2D eigenvalue weighted by Crippen LogP contribution is 2.26. The van der Waals surface area contributed by atoms with Crippen LogP contribution in [0.2, 0.25) is 0 Å². The lowest BCUT2D eigenvalue weighted by Gasteiger charge is -2.32. The van der Waals surface area contributed by atoms with Crippen LogP contribution in [0.5, 0.6) is 0 Å². The van der Waals surface area contributed by atoms with Crippen LogP contribution in [0.1, 0.15) is 18.5 Å². The minimum atomic E-state index is 0.366. The zero-order chi connectivity index (χ0) is 14.5. The fourth-order valence-corrected chi connectivity index (χ4v) is 3.86. The summed E-state index contributed by atoms with van der Waals surface area (Å²) in [6, 6.07) is 6.74. The molecule has 0 radical (unpaired) electrons. The predicted octanol–water partition coefficient (Wildman–Crippen LogP) is 3.11. The third-order valence-electron chi connectivity index (χ3n) is 3.90. The molecule has 1 unspecified atom stereocenters. The molecule has 20 heavy (non-hydrogen) atoms. The van der Waals surface area contributed by atoms with E-state index < -0.39 is 0 Å². The molecule has 1 aromatic carbocycles. The van der Waals surface area contributed by atoms with Gasteiger partial charge in [0.2, 0.25) is 0 Å². The molecule has 1 aliphatic rings. The maximum absolute atomic E-state index is 3.64. The molecule has 1 fully saturated rings. The van der Waals surface area contributed by atoms with E-state index >= 15 is 0 Å². The Labute approximate surface area is 139 Å². The van der Waals surface area contributed by atoms with Crippen molar-refractivity contribution in [1.29, 1.82) is 0 Å². The highest BCUT2D eigenvalue weighted by Gasteiger charge is 2.14. The number of rotatable bonds is 5. The molecular formula is C15H23Br2N3. The van der Waals surface area contributed by atoms with Crippen molar-refractivity contribution in [2.24, 2.45) is 0 Å².